The molecule has 4 nitrogen and oxygen atoms in total. The molecule has 1 amide bonds. The van der Waals surface area contributed by atoms with Crippen LogP contribution >= 0.6 is 11.6 Å². The minimum Gasteiger partial charge on any atom is -0.353 e. The highest BCUT2D eigenvalue weighted by Gasteiger charge is 2.31. The van der Waals surface area contributed by atoms with Gasteiger partial charge in [0.15, 0.2) is 0 Å². The first-order valence-corrected chi connectivity index (χ1v) is 6.50. The molecule has 2 unspecified atom stereocenters. The van der Waals surface area contributed by atoms with Crippen LogP contribution in [0.2, 0.25) is 5.02 Å². The second kappa shape index (κ2) is 5.69. The molecule has 2 rings (SSSR count). The lowest BCUT2D eigenvalue weighted by atomic mass is 10.0. The van der Waals surface area contributed by atoms with E-state index in [2.05, 4.69) is 10.2 Å². The number of carbonyl (C=O) groups is 1. The standard InChI is InChI=1S/C13H18ClN3O/c1-9-13(18)16-5-6-17(9)12(8-15)10-3-2-4-11(14)7-10/h2-4,7,9,12H,5-6,8,15H2,1H3,(H,16,18). The van der Waals surface area contributed by atoms with Gasteiger partial charge in [0.05, 0.1) is 6.04 Å². The highest BCUT2D eigenvalue weighted by Crippen LogP contribution is 2.25. The minimum absolute atomic E-state index is 0.0322. The summed E-state index contributed by atoms with van der Waals surface area (Å²) in [4.78, 5) is 13.8. The van der Waals surface area contributed by atoms with Gasteiger partial charge in [0.2, 0.25) is 5.91 Å². The summed E-state index contributed by atoms with van der Waals surface area (Å²) < 4.78 is 0. The van der Waals surface area contributed by atoms with E-state index in [1.807, 2.05) is 31.2 Å². The molecule has 1 aromatic rings. The third-order valence-corrected chi connectivity index (χ3v) is 3.64. The van der Waals surface area contributed by atoms with Gasteiger partial charge in [-0.3, -0.25) is 9.69 Å². The Morgan fingerprint density at radius 1 is 1.61 bits per heavy atom. The van der Waals surface area contributed by atoms with E-state index in [9.17, 15) is 4.79 Å². The normalized spacial score (nSPS) is 22.6. The molecule has 98 valence electrons. The molecule has 1 aliphatic rings. The Hall–Kier alpha value is -1.10. The molecule has 1 aromatic carbocycles. The second-order valence-electron chi connectivity index (χ2n) is 4.51. The van der Waals surface area contributed by atoms with Crippen molar-refractivity contribution in [3.05, 3.63) is 34.9 Å². The van der Waals surface area contributed by atoms with Gasteiger partial charge in [-0.25, -0.2) is 0 Å². The van der Waals surface area contributed by atoms with Crippen molar-refractivity contribution < 1.29 is 4.79 Å². The van der Waals surface area contributed by atoms with E-state index in [1.165, 1.54) is 0 Å². The summed E-state index contributed by atoms with van der Waals surface area (Å²) in [5, 5.41) is 3.55. The highest BCUT2D eigenvalue weighted by atomic mass is 35.5. The van der Waals surface area contributed by atoms with Gasteiger partial charge in [0, 0.05) is 30.7 Å². The molecule has 5 heteroatoms. The molecule has 2 atom stereocenters. The summed E-state index contributed by atoms with van der Waals surface area (Å²) in [7, 11) is 0. The maximum absolute atomic E-state index is 11.7. The number of hydrogen-bond acceptors (Lipinski definition) is 3. The molecule has 1 aliphatic heterocycles. The van der Waals surface area contributed by atoms with E-state index in [0.717, 1.165) is 12.1 Å². The Labute approximate surface area is 112 Å². The van der Waals surface area contributed by atoms with Crippen LogP contribution in [0.25, 0.3) is 0 Å². The number of nitrogens with zero attached hydrogens (tertiary/aromatic N) is 1. The van der Waals surface area contributed by atoms with Crippen LogP contribution in [0.4, 0.5) is 0 Å². The van der Waals surface area contributed by atoms with Crippen LogP contribution in [0.3, 0.4) is 0 Å². The highest BCUT2D eigenvalue weighted by molar-refractivity contribution is 6.30. The van der Waals surface area contributed by atoms with Crippen LogP contribution in [0, 0.1) is 0 Å². The van der Waals surface area contributed by atoms with Gasteiger partial charge in [0.25, 0.3) is 0 Å². The van der Waals surface area contributed by atoms with Gasteiger partial charge in [-0.05, 0) is 24.6 Å². The van der Waals surface area contributed by atoms with Crippen molar-refractivity contribution in [3.63, 3.8) is 0 Å². The van der Waals surface area contributed by atoms with Gasteiger partial charge < -0.3 is 11.1 Å². The number of piperazine rings is 1. The first-order chi connectivity index (χ1) is 8.63. The molecule has 1 fully saturated rings. The van der Waals surface area contributed by atoms with E-state index < -0.39 is 0 Å². The first-order valence-electron chi connectivity index (χ1n) is 6.12. The first kappa shape index (κ1) is 13.3. The fourth-order valence-corrected chi connectivity index (χ4v) is 2.60. The lowest BCUT2D eigenvalue weighted by molar-refractivity contribution is -0.129. The summed E-state index contributed by atoms with van der Waals surface area (Å²) in [5.41, 5.74) is 6.94. The van der Waals surface area contributed by atoms with Crippen LogP contribution in [-0.2, 0) is 4.79 Å². The predicted octanol–water partition coefficient (Wildman–Crippen LogP) is 1.16. The smallest absolute Gasteiger partial charge is 0.237 e. The molecule has 1 heterocycles. The van der Waals surface area contributed by atoms with E-state index in [4.69, 9.17) is 17.3 Å². The molecule has 0 aliphatic carbocycles. The minimum atomic E-state index is -0.161. The molecule has 0 spiro atoms. The van der Waals surface area contributed by atoms with E-state index in [1.54, 1.807) is 0 Å². The van der Waals surface area contributed by atoms with Crippen molar-refractivity contribution in [2.24, 2.45) is 5.73 Å². The number of carbonyl (C=O) groups excluding carboxylic acids is 1. The van der Waals surface area contributed by atoms with Crippen LogP contribution in [0.5, 0.6) is 0 Å². The van der Waals surface area contributed by atoms with Gasteiger partial charge in [-0.15, -0.1) is 0 Å². The van der Waals surface area contributed by atoms with Crippen molar-refractivity contribution >= 4 is 17.5 Å². The third kappa shape index (κ3) is 2.66. The Morgan fingerprint density at radius 3 is 3.06 bits per heavy atom. The van der Waals surface area contributed by atoms with E-state index in [-0.39, 0.29) is 18.0 Å². The topological polar surface area (TPSA) is 58.4 Å². The zero-order valence-electron chi connectivity index (χ0n) is 10.4. The van der Waals surface area contributed by atoms with Crippen LogP contribution in [-0.4, -0.2) is 36.5 Å². The monoisotopic (exact) mass is 267 g/mol. The number of hydrogen-bond donors (Lipinski definition) is 2. The molecular weight excluding hydrogens is 250 g/mol. The average Bonchev–Trinajstić information content (AvgIpc) is 2.35. The maximum Gasteiger partial charge on any atom is 0.237 e. The quantitative estimate of drug-likeness (QED) is 0.864. The van der Waals surface area contributed by atoms with Gasteiger partial charge in [-0.1, -0.05) is 23.7 Å². The molecule has 0 bridgehead atoms. The zero-order valence-corrected chi connectivity index (χ0v) is 11.2. The summed E-state index contributed by atoms with van der Waals surface area (Å²) in [5.74, 6) is 0.0572. The van der Waals surface area contributed by atoms with Gasteiger partial charge in [-0.2, -0.15) is 0 Å². The summed E-state index contributed by atoms with van der Waals surface area (Å²) in [6.45, 7) is 3.85. The fraction of sp³-hybridized carbons (Fsp3) is 0.462. The molecule has 0 saturated carbocycles. The third-order valence-electron chi connectivity index (χ3n) is 3.40. The predicted molar refractivity (Wildman–Crippen MR) is 72.4 cm³/mol. The SMILES string of the molecule is CC1C(=O)NCCN1C(CN)c1cccc(Cl)c1. The van der Waals surface area contributed by atoms with Crippen LogP contribution < -0.4 is 11.1 Å². The molecule has 0 aromatic heterocycles. The van der Waals surface area contributed by atoms with Crippen molar-refractivity contribution in [2.75, 3.05) is 19.6 Å². The van der Waals surface area contributed by atoms with Crippen LogP contribution in [0.15, 0.2) is 24.3 Å². The average molecular weight is 268 g/mol. The number of nitrogens with one attached hydrogen (secondary N) is 1. The second-order valence-corrected chi connectivity index (χ2v) is 4.95. The Kier molecular flexibility index (Phi) is 4.22. The summed E-state index contributed by atoms with van der Waals surface area (Å²) in [6.07, 6.45) is 0. The molecular formula is C13H18ClN3O. The number of halogens is 1. The number of rotatable bonds is 3. The number of nitrogens with two attached hydrogens (primary N) is 1. The van der Waals surface area contributed by atoms with Gasteiger partial charge >= 0.3 is 0 Å². The Morgan fingerprint density at radius 2 is 2.39 bits per heavy atom. The molecule has 1 saturated heterocycles. The summed E-state index contributed by atoms with van der Waals surface area (Å²) in [6, 6.07) is 7.54. The Bertz CT molecular complexity index is 438. The zero-order chi connectivity index (χ0) is 13.1. The molecule has 0 radical (unpaired) electrons. The van der Waals surface area contributed by atoms with Crippen molar-refractivity contribution in [2.45, 2.75) is 19.0 Å². The molecule has 18 heavy (non-hydrogen) atoms. The lowest BCUT2D eigenvalue weighted by Gasteiger charge is -2.38. The van der Waals surface area contributed by atoms with E-state index in [0.29, 0.717) is 18.1 Å². The summed E-state index contributed by atoms with van der Waals surface area (Å²) >= 11 is 6.01. The van der Waals surface area contributed by atoms with Crippen LogP contribution in [0.1, 0.15) is 18.5 Å². The fourth-order valence-electron chi connectivity index (χ4n) is 2.40. The largest absolute Gasteiger partial charge is 0.353 e. The van der Waals surface area contributed by atoms with E-state index >= 15 is 0 Å². The lowest BCUT2D eigenvalue weighted by Crippen LogP contribution is -2.55. The van der Waals surface area contributed by atoms with Crippen molar-refractivity contribution in [3.8, 4) is 0 Å². The number of amides is 1. The number of benzene rings is 1. The van der Waals surface area contributed by atoms with Gasteiger partial charge in [0.1, 0.15) is 0 Å². The van der Waals surface area contributed by atoms with Crippen molar-refractivity contribution in [1.82, 2.24) is 10.2 Å². The maximum atomic E-state index is 11.7. The van der Waals surface area contributed by atoms with Crippen molar-refractivity contribution in [1.29, 1.82) is 0 Å². The molecule has 3 N–H and O–H groups in total. The Balaban J connectivity index is 2.25.